The van der Waals surface area contributed by atoms with Crippen molar-refractivity contribution in [1.82, 2.24) is 9.55 Å². The molecule has 1 aromatic heterocycles. The molecule has 0 atom stereocenters. The Morgan fingerprint density at radius 3 is 2.96 bits per heavy atom. The summed E-state index contributed by atoms with van der Waals surface area (Å²) in [5, 5.41) is 1.26. The summed E-state index contributed by atoms with van der Waals surface area (Å²) in [5.74, 6) is 2.00. The molecule has 2 heterocycles. The largest absolute Gasteiger partial charge is 0.493 e. The average molecular weight is 340 g/mol. The van der Waals surface area contributed by atoms with Gasteiger partial charge in [-0.05, 0) is 67.0 Å². The Bertz CT molecular complexity index is 802. The minimum atomic E-state index is 0.796. The maximum atomic E-state index is 5.60. The molecular weight excluding hydrogens is 316 g/mol. The van der Waals surface area contributed by atoms with E-state index >= 15 is 0 Å². The van der Waals surface area contributed by atoms with Crippen molar-refractivity contribution in [2.24, 2.45) is 0 Å². The summed E-state index contributed by atoms with van der Waals surface area (Å²) < 4.78 is 7.78. The number of allylic oxidation sites excluding steroid dienone is 2. The smallest absolute Gasteiger partial charge is 0.137 e. The molecule has 24 heavy (non-hydrogen) atoms. The fourth-order valence-corrected chi connectivity index (χ4v) is 3.78. The molecule has 3 rings (SSSR count). The van der Waals surface area contributed by atoms with Gasteiger partial charge in [-0.1, -0.05) is 13.0 Å². The minimum Gasteiger partial charge on any atom is -0.493 e. The fraction of sp³-hybridized carbons (Fsp3) is 0.350. The maximum Gasteiger partial charge on any atom is 0.137 e. The quantitative estimate of drug-likeness (QED) is 0.735. The van der Waals surface area contributed by atoms with Gasteiger partial charge < -0.3 is 4.74 Å². The van der Waals surface area contributed by atoms with Gasteiger partial charge in [0.2, 0.25) is 0 Å². The number of hydrogen-bond acceptors (Lipinski definition) is 3. The highest BCUT2D eigenvalue weighted by atomic mass is 32.2. The molecule has 0 aliphatic carbocycles. The molecule has 0 saturated heterocycles. The first-order chi connectivity index (χ1) is 11.6. The van der Waals surface area contributed by atoms with Crippen LogP contribution in [0, 0.1) is 0 Å². The Balaban J connectivity index is 1.96. The van der Waals surface area contributed by atoms with E-state index in [9.17, 15) is 0 Å². The number of nitrogens with zero attached hydrogens (tertiary/aromatic N) is 2. The fourth-order valence-electron chi connectivity index (χ4n) is 2.93. The van der Waals surface area contributed by atoms with Crippen molar-refractivity contribution >= 4 is 28.4 Å². The topological polar surface area (TPSA) is 27.1 Å². The summed E-state index contributed by atoms with van der Waals surface area (Å²) in [6.07, 6.45) is 10.2. The highest BCUT2D eigenvalue weighted by molar-refractivity contribution is 8.07. The molecule has 0 unspecified atom stereocenters. The van der Waals surface area contributed by atoms with Crippen molar-refractivity contribution in [2.75, 3.05) is 12.9 Å². The lowest BCUT2D eigenvalue weighted by Gasteiger charge is -2.12. The first-order valence-electron chi connectivity index (χ1n) is 8.36. The molecular formula is C20H24N2OS. The molecule has 0 bridgehead atoms. The summed E-state index contributed by atoms with van der Waals surface area (Å²) in [6.45, 7) is 7.32. The standard InChI is InChI=1S/C20H24N2OS/c1-5-14(2)20(24-4)22-10-9-21-19(22)12-15(3)16-6-7-18-17(13-16)8-11-23-18/h6-7,9-10,12-13H,5,8,11H2,1-4H3/b15-12+,20-14?. The van der Waals surface area contributed by atoms with Gasteiger partial charge in [0.1, 0.15) is 11.6 Å². The van der Waals surface area contributed by atoms with Crippen molar-refractivity contribution in [3.8, 4) is 5.75 Å². The lowest BCUT2D eigenvalue weighted by Crippen LogP contribution is -1.98. The predicted molar refractivity (Wildman–Crippen MR) is 104 cm³/mol. The van der Waals surface area contributed by atoms with Crippen molar-refractivity contribution in [3.63, 3.8) is 0 Å². The van der Waals surface area contributed by atoms with Crippen LogP contribution in [0.5, 0.6) is 5.75 Å². The monoisotopic (exact) mass is 340 g/mol. The summed E-state index contributed by atoms with van der Waals surface area (Å²) in [5.41, 5.74) is 5.13. The number of aromatic nitrogens is 2. The second-order valence-electron chi connectivity index (χ2n) is 6.05. The van der Waals surface area contributed by atoms with E-state index < -0.39 is 0 Å². The number of fused-ring (bicyclic) bond motifs is 1. The molecule has 0 N–H and O–H groups in total. The average Bonchev–Trinajstić information content (AvgIpc) is 3.24. The van der Waals surface area contributed by atoms with Gasteiger partial charge in [0, 0.05) is 18.8 Å². The van der Waals surface area contributed by atoms with Crippen LogP contribution in [-0.2, 0) is 6.42 Å². The van der Waals surface area contributed by atoms with E-state index in [2.05, 4.69) is 60.9 Å². The molecule has 1 aliphatic rings. The molecule has 3 nitrogen and oxygen atoms in total. The molecule has 126 valence electrons. The first-order valence-corrected chi connectivity index (χ1v) is 9.58. The van der Waals surface area contributed by atoms with Gasteiger partial charge >= 0.3 is 0 Å². The molecule has 0 amide bonds. The van der Waals surface area contributed by atoms with Gasteiger partial charge in [-0.2, -0.15) is 0 Å². The highest BCUT2D eigenvalue weighted by Crippen LogP contribution is 2.30. The second-order valence-corrected chi connectivity index (χ2v) is 6.84. The third-order valence-electron chi connectivity index (χ3n) is 4.47. The van der Waals surface area contributed by atoms with Crippen LogP contribution in [0.4, 0.5) is 0 Å². The van der Waals surface area contributed by atoms with E-state index in [1.807, 2.05) is 12.4 Å². The van der Waals surface area contributed by atoms with E-state index in [1.54, 1.807) is 11.8 Å². The van der Waals surface area contributed by atoms with Crippen LogP contribution < -0.4 is 4.74 Å². The SMILES string of the molecule is CCC(C)=C(SC)n1ccnc1/C=C(\C)c1ccc2c(c1)CCO2. The van der Waals surface area contributed by atoms with Gasteiger partial charge in [0.25, 0.3) is 0 Å². The van der Waals surface area contributed by atoms with Crippen molar-refractivity contribution < 1.29 is 4.74 Å². The minimum absolute atomic E-state index is 0.796. The Labute approximate surface area is 148 Å². The molecule has 4 heteroatoms. The molecule has 1 aromatic carbocycles. The third-order valence-corrected chi connectivity index (χ3v) is 5.40. The Kier molecular flexibility index (Phi) is 5.14. The van der Waals surface area contributed by atoms with E-state index in [4.69, 9.17) is 4.74 Å². The van der Waals surface area contributed by atoms with Crippen LogP contribution in [0.2, 0.25) is 0 Å². The van der Waals surface area contributed by atoms with Crippen molar-refractivity contribution in [2.45, 2.75) is 33.6 Å². The highest BCUT2D eigenvalue weighted by Gasteiger charge is 2.13. The van der Waals surface area contributed by atoms with Gasteiger partial charge in [0.15, 0.2) is 0 Å². The van der Waals surface area contributed by atoms with E-state index in [0.717, 1.165) is 31.0 Å². The first kappa shape index (κ1) is 16.9. The van der Waals surface area contributed by atoms with Gasteiger partial charge in [0.05, 0.1) is 11.6 Å². The summed E-state index contributed by atoms with van der Waals surface area (Å²) in [4.78, 5) is 4.55. The molecule has 0 radical (unpaired) electrons. The number of imidazole rings is 1. The Morgan fingerprint density at radius 1 is 1.38 bits per heavy atom. The van der Waals surface area contributed by atoms with Crippen molar-refractivity contribution in [3.05, 3.63) is 53.1 Å². The van der Waals surface area contributed by atoms with E-state index in [0.29, 0.717) is 0 Å². The number of ether oxygens (including phenoxy) is 1. The summed E-state index contributed by atoms with van der Waals surface area (Å²) >= 11 is 1.77. The number of hydrogen-bond donors (Lipinski definition) is 0. The van der Waals surface area contributed by atoms with Gasteiger partial charge in [-0.15, -0.1) is 11.8 Å². The van der Waals surface area contributed by atoms with Crippen LogP contribution in [0.3, 0.4) is 0 Å². The summed E-state index contributed by atoms with van der Waals surface area (Å²) in [7, 11) is 0. The van der Waals surface area contributed by atoms with Crippen LogP contribution in [-0.4, -0.2) is 22.4 Å². The van der Waals surface area contributed by atoms with Crippen molar-refractivity contribution in [1.29, 1.82) is 0 Å². The lowest BCUT2D eigenvalue weighted by molar-refractivity contribution is 0.357. The predicted octanol–water partition coefficient (Wildman–Crippen LogP) is 5.34. The zero-order chi connectivity index (χ0) is 17.1. The maximum absolute atomic E-state index is 5.60. The zero-order valence-corrected chi connectivity index (χ0v) is 15.6. The van der Waals surface area contributed by atoms with Gasteiger partial charge in [-0.3, -0.25) is 4.57 Å². The lowest BCUT2D eigenvalue weighted by atomic mass is 10.0. The Hall–Kier alpha value is -1.94. The van der Waals surface area contributed by atoms with Crippen LogP contribution in [0.1, 0.15) is 44.1 Å². The molecule has 0 saturated carbocycles. The normalized spacial score (nSPS) is 15.1. The Morgan fingerprint density at radius 2 is 2.21 bits per heavy atom. The second kappa shape index (κ2) is 7.31. The molecule has 0 spiro atoms. The van der Waals surface area contributed by atoms with E-state index in [1.165, 1.54) is 27.3 Å². The van der Waals surface area contributed by atoms with Crippen LogP contribution in [0.25, 0.3) is 16.7 Å². The number of thioether (sulfide) groups is 1. The van der Waals surface area contributed by atoms with Crippen LogP contribution >= 0.6 is 11.8 Å². The molecule has 1 aliphatic heterocycles. The summed E-state index contributed by atoms with van der Waals surface area (Å²) in [6, 6.07) is 6.45. The molecule has 0 fully saturated rings. The molecule has 2 aromatic rings. The third kappa shape index (κ3) is 3.29. The number of rotatable bonds is 5. The van der Waals surface area contributed by atoms with Crippen LogP contribution in [0.15, 0.2) is 36.2 Å². The number of benzene rings is 1. The van der Waals surface area contributed by atoms with E-state index in [-0.39, 0.29) is 0 Å². The zero-order valence-electron chi connectivity index (χ0n) is 14.8. The van der Waals surface area contributed by atoms with Gasteiger partial charge in [-0.25, -0.2) is 4.98 Å².